The maximum Gasteiger partial charge on any atom is 0.331 e. The highest BCUT2D eigenvalue weighted by atomic mass is 16.5. The molecular weight excluding hydrogens is 228 g/mol. The van der Waals surface area contributed by atoms with Gasteiger partial charge >= 0.3 is 5.97 Å². The Kier molecular flexibility index (Phi) is 9.66. The van der Waals surface area contributed by atoms with E-state index in [1.54, 1.807) is 13.8 Å². The highest BCUT2D eigenvalue weighted by molar-refractivity contribution is 5.86. The monoisotopic (exact) mass is 256 g/mol. The first-order valence-corrected chi connectivity index (χ1v) is 7.02. The van der Waals surface area contributed by atoms with Crippen molar-refractivity contribution in [3.8, 4) is 0 Å². The van der Waals surface area contributed by atoms with Gasteiger partial charge < -0.3 is 9.84 Å². The fraction of sp³-hybridized carbons (Fsp3) is 0.800. The maximum atomic E-state index is 10.0. The molecule has 1 saturated carbocycles. The maximum absolute atomic E-state index is 10.0. The summed E-state index contributed by atoms with van der Waals surface area (Å²) in [7, 11) is 0. The number of aliphatic carboxylic acids is 1. The van der Waals surface area contributed by atoms with Gasteiger partial charge in [0.25, 0.3) is 0 Å². The summed E-state index contributed by atoms with van der Waals surface area (Å²) in [5, 5.41) is 8.25. The minimum atomic E-state index is -0.903. The van der Waals surface area contributed by atoms with Crippen LogP contribution in [-0.2, 0) is 9.53 Å². The third-order valence-electron chi connectivity index (χ3n) is 3.08. The first kappa shape index (κ1) is 17.2. The van der Waals surface area contributed by atoms with Gasteiger partial charge in [-0.3, -0.25) is 0 Å². The second-order valence-electron chi connectivity index (χ2n) is 5.12. The Hall–Kier alpha value is -0.830. The minimum Gasteiger partial charge on any atom is -0.478 e. The first-order chi connectivity index (χ1) is 8.49. The van der Waals surface area contributed by atoms with Gasteiger partial charge in [-0.2, -0.15) is 0 Å². The predicted octanol–water partition coefficient (Wildman–Crippen LogP) is 4.03. The Bertz CT molecular complexity index is 240. The second-order valence-corrected chi connectivity index (χ2v) is 5.12. The summed E-state index contributed by atoms with van der Waals surface area (Å²) >= 11 is 0. The molecule has 1 rings (SSSR count). The van der Waals surface area contributed by atoms with Gasteiger partial charge in [-0.25, -0.2) is 4.79 Å². The number of carboxylic acid groups (broad SMARTS) is 1. The number of rotatable bonds is 5. The van der Waals surface area contributed by atoms with Gasteiger partial charge in [-0.1, -0.05) is 46.6 Å². The Morgan fingerprint density at radius 2 is 1.89 bits per heavy atom. The van der Waals surface area contributed by atoms with Crippen LogP contribution in [0.4, 0.5) is 0 Å². The molecule has 0 amide bonds. The van der Waals surface area contributed by atoms with Gasteiger partial charge in [0.15, 0.2) is 0 Å². The number of carbonyl (C=O) groups is 1. The largest absolute Gasteiger partial charge is 0.478 e. The zero-order valence-electron chi connectivity index (χ0n) is 12.1. The van der Waals surface area contributed by atoms with Crippen molar-refractivity contribution in [3.63, 3.8) is 0 Å². The molecule has 0 aromatic rings. The van der Waals surface area contributed by atoms with Crippen molar-refractivity contribution in [2.75, 3.05) is 6.61 Å². The van der Waals surface area contributed by atoms with Crippen LogP contribution in [-0.4, -0.2) is 23.8 Å². The van der Waals surface area contributed by atoms with E-state index in [9.17, 15) is 4.79 Å². The predicted molar refractivity (Wildman–Crippen MR) is 74.7 cm³/mol. The van der Waals surface area contributed by atoms with Crippen molar-refractivity contribution in [1.82, 2.24) is 0 Å². The van der Waals surface area contributed by atoms with Crippen LogP contribution in [0, 0.1) is 5.92 Å². The van der Waals surface area contributed by atoms with E-state index in [1.165, 1.54) is 32.1 Å². The molecule has 1 aliphatic rings. The summed E-state index contributed by atoms with van der Waals surface area (Å²) in [5.41, 5.74) is 0.269. The lowest BCUT2D eigenvalue weighted by atomic mass is 9.98. The second kappa shape index (κ2) is 10.1. The van der Waals surface area contributed by atoms with Crippen molar-refractivity contribution < 1.29 is 14.6 Å². The van der Waals surface area contributed by atoms with E-state index < -0.39 is 5.97 Å². The summed E-state index contributed by atoms with van der Waals surface area (Å²) in [6.45, 7) is 10.1. The zero-order chi connectivity index (χ0) is 14.0. The molecular formula is C15H28O3. The molecule has 0 aromatic carbocycles. The molecule has 3 nitrogen and oxygen atoms in total. The van der Waals surface area contributed by atoms with Crippen LogP contribution in [0.1, 0.15) is 59.3 Å². The third-order valence-corrected chi connectivity index (χ3v) is 3.08. The summed E-state index contributed by atoms with van der Waals surface area (Å²) in [5.74, 6) is -0.854. The van der Waals surface area contributed by atoms with Crippen LogP contribution >= 0.6 is 0 Å². The molecule has 18 heavy (non-hydrogen) atoms. The van der Waals surface area contributed by atoms with Crippen molar-refractivity contribution in [2.24, 2.45) is 5.92 Å². The van der Waals surface area contributed by atoms with Crippen LogP contribution in [0.5, 0.6) is 0 Å². The fourth-order valence-corrected chi connectivity index (χ4v) is 1.76. The topological polar surface area (TPSA) is 46.5 Å². The lowest BCUT2D eigenvalue weighted by molar-refractivity contribution is -0.133. The summed E-state index contributed by atoms with van der Waals surface area (Å²) in [4.78, 5) is 10.0. The number of hydrogen-bond donors (Lipinski definition) is 1. The van der Waals surface area contributed by atoms with Gasteiger partial charge in [0.2, 0.25) is 0 Å². The Morgan fingerprint density at radius 1 is 1.33 bits per heavy atom. The van der Waals surface area contributed by atoms with E-state index in [4.69, 9.17) is 9.84 Å². The smallest absolute Gasteiger partial charge is 0.331 e. The number of ether oxygens (including phenoxy) is 1. The molecule has 0 aromatic heterocycles. The van der Waals surface area contributed by atoms with Crippen LogP contribution in [0.3, 0.4) is 0 Å². The van der Waals surface area contributed by atoms with E-state index in [2.05, 4.69) is 13.5 Å². The SMILES string of the molecule is C=C(C(=O)O)C(C)C.CCCOC1CCCCC1. The lowest BCUT2D eigenvalue weighted by Crippen LogP contribution is -2.16. The van der Waals surface area contributed by atoms with Crippen molar-refractivity contribution in [3.05, 3.63) is 12.2 Å². The van der Waals surface area contributed by atoms with Gasteiger partial charge in [-0.15, -0.1) is 0 Å². The fourth-order valence-electron chi connectivity index (χ4n) is 1.76. The Labute approximate surface area is 111 Å². The van der Waals surface area contributed by atoms with Crippen LogP contribution in [0.2, 0.25) is 0 Å². The molecule has 106 valence electrons. The molecule has 1 N–H and O–H groups in total. The number of hydrogen-bond acceptors (Lipinski definition) is 2. The van der Waals surface area contributed by atoms with Gasteiger partial charge in [0, 0.05) is 12.2 Å². The molecule has 0 unspecified atom stereocenters. The Balaban J connectivity index is 0.000000331. The lowest BCUT2D eigenvalue weighted by Gasteiger charge is -2.21. The highest BCUT2D eigenvalue weighted by Crippen LogP contribution is 2.20. The van der Waals surface area contributed by atoms with Gasteiger partial charge in [-0.05, 0) is 25.2 Å². The Morgan fingerprint density at radius 3 is 2.22 bits per heavy atom. The van der Waals surface area contributed by atoms with E-state index in [0.717, 1.165) is 13.0 Å². The van der Waals surface area contributed by atoms with Gasteiger partial charge in [0.1, 0.15) is 0 Å². The molecule has 0 saturated heterocycles. The van der Waals surface area contributed by atoms with Crippen molar-refractivity contribution in [2.45, 2.75) is 65.4 Å². The average molecular weight is 256 g/mol. The molecule has 0 heterocycles. The van der Waals surface area contributed by atoms with E-state index in [0.29, 0.717) is 6.10 Å². The molecule has 0 aliphatic heterocycles. The molecule has 3 heteroatoms. The van der Waals surface area contributed by atoms with Crippen LogP contribution < -0.4 is 0 Å². The van der Waals surface area contributed by atoms with Gasteiger partial charge in [0.05, 0.1) is 6.10 Å². The van der Waals surface area contributed by atoms with Crippen LogP contribution in [0.25, 0.3) is 0 Å². The average Bonchev–Trinajstić information content (AvgIpc) is 2.37. The van der Waals surface area contributed by atoms with E-state index in [-0.39, 0.29) is 11.5 Å². The quantitative estimate of drug-likeness (QED) is 0.755. The molecule has 0 radical (unpaired) electrons. The van der Waals surface area contributed by atoms with E-state index in [1.807, 2.05) is 0 Å². The molecule has 0 bridgehead atoms. The number of carboxylic acids is 1. The first-order valence-electron chi connectivity index (χ1n) is 7.02. The van der Waals surface area contributed by atoms with Crippen molar-refractivity contribution >= 4 is 5.97 Å². The molecule has 1 fully saturated rings. The molecule has 0 atom stereocenters. The summed E-state index contributed by atoms with van der Waals surface area (Å²) in [6.07, 6.45) is 8.57. The highest BCUT2D eigenvalue weighted by Gasteiger charge is 2.12. The third kappa shape index (κ3) is 8.29. The molecule has 0 spiro atoms. The van der Waals surface area contributed by atoms with Crippen molar-refractivity contribution in [1.29, 1.82) is 0 Å². The summed E-state index contributed by atoms with van der Waals surface area (Å²) < 4.78 is 5.63. The minimum absolute atomic E-state index is 0.0486. The standard InChI is InChI=1S/C9H18O.C6H10O2/c1-2-8-10-9-6-4-3-5-7-9;1-4(2)5(3)6(7)8/h9H,2-8H2,1H3;4H,3H2,1-2H3,(H,7,8). The zero-order valence-corrected chi connectivity index (χ0v) is 12.1. The summed E-state index contributed by atoms with van der Waals surface area (Å²) in [6, 6.07) is 0. The van der Waals surface area contributed by atoms with Crippen LogP contribution in [0.15, 0.2) is 12.2 Å². The normalized spacial score (nSPS) is 16.0. The molecule has 1 aliphatic carbocycles. The van der Waals surface area contributed by atoms with E-state index >= 15 is 0 Å².